The van der Waals surface area contributed by atoms with Crippen LogP contribution in [0.1, 0.15) is 75.2 Å². The lowest BCUT2D eigenvalue weighted by molar-refractivity contribution is -0.180. The molecule has 45 heavy (non-hydrogen) atoms. The largest absolute Gasteiger partial charge is 0.463 e. The molecule has 1 saturated heterocycles. The van der Waals surface area contributed by atoms with E-state index in [0.29, 0.717) is 25.4 Å². The molecular weight excluding hydrogens is 570 g/mol. The van der Waals surface area contributed by atoms with E-state index >= 15 is 0 Å². The summed E-state index contributed by atoms with van der Waals surface area (Å²) in [6.07, 6.45) is 6.67. The van der Waals surface area contributed by atoms with E-state index in [2.05, 4.69) is 29.6 Å². The van der Waals surface area contributed by atoms with Crippen LogP contribution in [0.4, 0.5) is 15.3 Å². The second-order valence-corrected chi connectivity index (χ2v) is 12.2. The lowest BCUT2D eigenvalue weighted by Gasteiger charge is -2.32. The van der Waals surface area contributed by atoms with Crippen molar-refractivity contribution < 1.29 is 28.5 Å². The van der Waals surface area contributed by atoms with Crippen LogP contribution in [0, 0.1) is 0 Å². The number of fused-ring (bicyclic) bond motifs is 1. The highest BCUT2D eigenvalue weighted by Crippen LogP contribution is 2.35. The summed E-state index contributed by atoms with van der Waals surface area (Å²) >= 11 is 0. The normalized spacial score (nSPS) is 17.0. The maximum Gasteiger partial charge on any atom is 0.410 e. The Hall–Kier alpha value is -4.08. The molecule has 0 saturated carbocycles. The van der Waals surface area contributed by atoms with Crippen molar-refractivity contribution in [2.45, 2.75) is 77.3 Å². The van der Waals surface area contributed by atoms with E-state index in [9.17, 15) is 9.59 Å². The summed E-state index contributed by atoms with van der Waals surface area (Å²) in [5, 5.41) is 2.63. The maximum atomic E-state index is 12.5. The van der Waals surface area contributed by atoms with Crippen LogP contribution in [0.15, 0.2) is 66.7 Å². The maximum absolute atomic E-state index is 12.5. The highest BCUT2D eigenvalue weighted by molar-refractivity contribution is 5.88. The number of nitrogens with one attached hydrogen (secondary N) is 1. The van der Waals surface area contributed by atoms with Crippen LogP contribution in [-0.2, 0) is 27.2 Å². The number of urea groups is 1. The van der Waals surface area contributed by atoms with Crippen molar-refractivity contribution in [3.63, 3.8) is 0 Å². The molecule has 1 fully saturated rings. The second-order valence-electron chi connectivity index (χ2n) is 12.2. The van der Waals surface area contributed by atoms with Gasteiger partial charge in [-0.05, 0) is 78.6 Å². The van der Waals surface area contributed by atoms with Gasteiger partial charge < -0.3 is 34.9 Å². The Labute approximate surface area is 266 Å². The molecule has 3 aromatic rings. The number of ether oxygens (including phenoxy) is 4. The number of hydrogen-bond acceptors (Lipinski definition) is 6. The van der Waals surface area contributed by atoms with Crippen molar-refractivity contribution in [2.24, 2.45) is 5.73 Å². The zero-order valence-corrected chi connectivity index (χ0v) is 26.4. The van der Waals surface area contributed by atoms with Gasteiger partial charge in [-0.25, -0.2) is 9.59 Å². The van der Waals surface area contributed by atoms with E-state index in [1.807, 2.05) is 61.2 Å². The molecule has 2 aliphatic heterocycles. The number of primary amides is 1. The number of hydrogen-bond donors (Lipinski definition) is 2. The van der Waals surface area contributed by atoms with E-state index in [1.165, 1.54) is 5.56 Å². The number of carbonyl (C=O) groups excluding carboxylic acids is 2. The van der Waals surface area contributed by atoms with E-state index in [1.54, 1.807) is 0 Å². The molecule has 240 valence electrons. The fraction of sp³-hybridized carbons (Fsp3) is 0.444. The lowest BCUT2D eigenvalue weighted by atomic mass is 10.00. The summed E-state index contributed by atoms with van der Waals surface area (Å²) in [4.78, 5) is 25.4. The minimum Gasteiger partial charge on any atom is -0.463 e. The van der Waals surface area contributed by atoms with Crippen molar-refractivity contribution in [1.82, 2.24) is 4.90 Å². The molecule has 3 amide bonds. The number of benzene rings is 3. The minimum atomic E-state index is -0.629. The van der Waals surface area contributed by atoms with Crippen molar-refractivity contribution >= 4 is 17.8 Å². The number of rotatable bonds is 15. The van der Waals surface area contributed by atoms with E-state index in [-0.39, 0.29) is 12.2 Å². The molecule has 0 unspecified atom stereocenters. The Morgan fingerprint density at radius 2 is 1.71 bits per heavy atom. The fourth-order valence-corrected chi connectivity index (χ4v) is 5.74. The first-order valence-corrected chi connectivity index (χ1v) is 16.0. The Balaban J connectivity index is 0.913. The lowest BCUT2D eigenvalue weighted by Crippen LogP contribution is -2.35. The number of amides is 3. The summed E-state index contributed by atoms with van der Waals surface area (Å²) in [6.45, 7) is 7.08. The minimum absolute atomic E-state index is 0.242. The average Bonchev–Trinajstić information content (AvgIpc) is 3.39. The van der Waals surface area contributed by atoms with Gasteiger partial charge in [-0.2, -0.15) is 0 Å². The van der Waals surface area contributed by atoms with Gasteiger partial charge in [-0.3, -0.25) is 0 Å². The molecule has 0 aliphatic carbocycles. The topological polar surface area (TPSA) is 112 Å². The van der Waals surface area contributed by atoms with Gasteiger partial charge in [0.05, 0.1) is 13.2 Å². The summed E-state index contributed by atoms with van der Waals surface area (Å²) in [7, 11) is 0. The van der Waals surface area contributed by atoms with Crippen LogP contribution in [-0.4, -0.2) is 49.1 Å². The summed E-state index contributed by atoms with van der Waals surface area (Å²) < 4.78 is 23.2. The van der Waals surface area contributed by atoms with Gasteiger partial charge in [0.15, 0.2) is 0 Å². The highest BCUT2D eigenvalue weighted by Gasteiger charge is 2.33. The first-order chi connectivity index (χ1) is 21.8. The number of nitrogens with two attached hydrogens (primary N) is 1. The molecule has 5 rings (SSSR count). The molecule has 0 bridgehead atoms. The van der Waals surface area contributed by atoms with Crippen LogP contribution in [0.25, 0.3) is 11.1 Å². The number of unbranched alkanes of at least 4 members (excludes halogenated alkanes) is 4. The second kappa shape index (κ2) is 15.3. The molecule has 0 radical (unpaired) electrons. The van der Waals surface area contributed by atoms with Gasteiger partial charge in [0.25, 0.3) is 0 Å². The summed E-state index contributed by atoms with van der Waals surface area (Å²) in [6, 6.07) is 21.6. The number of carbonyl (C=O) groups is 2. The molecule has 9 heteroatoms. The van der Waals surface area contributed by atoms with Gasteiger partial charge in [0.1, 0.15) is 11.9 Å². The van der Waals surface area contributed by atoms with Crippen molar-refractivity contribution in [1.29, 1.82) is 0 Å². The molecule has 0 aromatic heterocycles. The third kappa shape index (κ3) is 9.45. The first-order valence-electron chi connectivity index (χ1n) is 16.0. The number of cyclic esters (lactones) is 1. The molecule has 0 spiro atoms. The average molecular weight is 616 g/mol. The first kappa shape index (κ1) is 32.3. The molecule has 3 N–H and O–H groups in total. The van der Waals surface area contributed by atoms with Gasteiger partial charge in [0.2, 0.25) is 5.79 Å². The van der Waals surface area contributed by atoms with E-state index in [4.69, 9.17) is 24.7 Å². The SMILES string of the molecule is CC1(C)OCc2cc([C@@H]3CN(CCCCCCOCCCCc4cccc(-c5cccc(NC(N)=O)c5)c4)C(=O)O3)ccc2O1. The van der Waals surface area contributed by atoms with E-state index < -0.39 is 11.8 Å². The van der Waals surface area contributed by atoms with Gasteiger partial charge in [-0.15, -0.1) is 0 Å². The third-order valence-corrected chi connectivity index (χ3v) is 8.14. The quantitative estimate of drug-likeness (QED) is 0.171. The van der Waals surface area contributed by atoms with Crippen molar-refractivity contribution in [3.8, 4) is 16.9 Å². The number of anilines is 1. The highest BCUT2D eigenvalue weighted by atomic mass is 16.7. The fourth-order valence-electron chi connectivity index (χ4n) is 5.74. The van der Waals surface area contributed by atoms with Crippen LogP contribution in [0.2, 0.25) is 0 Å². The Kier molecular flexibility index (Phi) is 11.0. The Bertz CT molecular complexity index is 1460. The van der Waals surface area contributed by atoms with Gasteiger partial charge >= 0.3 is 12.1 Å². The zero-order valence-electron chi connectivity index (χ0n) is 26.4. The molecule has 2 heterocycles. The monoisotopic (exact) mass is 615 g/mol. The molecule has 2 aliphatic rings. The van der Waals surface area contributed by atoms with Crippen molar-refractivity contribution in [3.05, 3.63) is 83.4 Å². The summed E-state index contributed by atoms with van der Waals surface area (Å²) in [5.74, 6) is 0.193. The van der Waals surface area contributed by atoms with Crippen LogP contribution >= 0.6 is 0 Å². The van der Waals surface area contributed by atoms with Crippen LogP contribution in [0.5, 0.6) is 5.75 Å². The predicted molar refractivity (Wildman–Crippen MR) is 174 cm³/mol. The number of aryl methyl sites for hydroxylation is 1. The molecule has 3 aromatic carbocycles. The smallest absolute Gasteiger partial charge is 0.410 e. The predicted octanol–water partition coefficient (Wildman–Crippen LogP) is 7.58. The Morgan fingerprint density at radius 1 is 0.956 bits per heavy atom. The zero-order chi connectivity index (χ0) is 31.6. The molecule has 9 nitrogen and oxygen atoms in total. The van der Waals surface area contributed by atoms with Crippen LogP contribution < -0.4 is 15.8 Å². The van der Waals surface area contributed by atoms with Crippen LogP contribution in [0.3, 0.4) is 0 Å². The molecule has 1 atom stereocenters. The van der Waals surface area contributed by atoms with Gasteiger partial charge in [-0.1, -0.05) is 55.3 Å². The standard InChI is InChI=1S/C36H45N3O6/c1-36(2)43-25-30-22-29(16-17-32(30)45-36)33-24-39(35(41)44-33)18-6-3-4-7-19-42-20-8-5-11-26-12-9-13-27(21-26)28-14-10-15-31(23-28)38-34(37)40/h9-10,12-17,21-23,33H,3-8,11,18-20,24-25H2,1-2H3,(H3,37,38,40)/t33-/m0/s1. The third-order valence-electron chi connectivity index (χ3n) is 8.14. The van der Waals surface area contributed by atoms with Crippen molar-refractivity contribution in [2.75, 3.05) is 31.6 Å². The Morgan fingerprint density at radius 3 is 2.53 bits per heavy atom. The summed E-state index contributed by atoms with van der Waals surface area (Å²) in [5.41, 5.74) is 11.3. The van der Waals surface area contributed by atoms with E-state index in [0.717, 1.165) is 86.2 Å². The van der Waals surface area contributed by atoms with Gasteiger partial charge in [0, 0.05) is 44.9 Å². The molecular formula is C36H45N3O6. The number of nitrogens with zero attached hydrogens (tertiary/aromatic N) is 1.